The average Bonchev–Trinajstić information content (AvgIpc) is 2.71. The van der Waals surface area contributed by atoms with Crippen molar-refractivity contribution in [2.45, 2.75) is 19.4 Å². The summed E-state index contributed by atoms with van der Waals surface area (Å²) in [6, 6.07) is 3.67. The third kappa shape index (κ3) is 2.49. The Labute approximate surface area is 109 Å². The Morgan fingerprint density at radius 2 is 2.16 bits per heavy atom. The van der Waals surface area contributed by atoms with Crippen molar-refractivity contribution < 1.29 is 13.3 Å². The number of rotatable bonds is 3. The predicted molar refractivity (Wildman–Crippen MR) is 63.4 cm³/mol. The van der Waals surface area contributed by atoms with E-state index >= 15 is 0 Å². The van der Waals surface area contributed by atoms with E-state index in [9.17, 15) is 8.78 Å². The molecule has 1 saturated heterocycles. The molecule has 0 saturated carbocycles. The van der Waals surface area contributed by atoms with Crippen LogP contribution in [0.4, 0.5) is 8.78 Å². The van der Waals surface area contributed by atoms with E-state index in [1.165, 1.54) is 12.1 Å². The molecule has 0 N–H and O–H groups in total. The minimum absolute atomic E-state index is 0.213. The van der Waals surface area contributed by atoms with Crippen LogP contribution in [0.15, 0.2) is 22.7 Å². The van der Waals surface area contributed by atoms with Crippen LogP contribution in [0.1, 0.15) is 23.2 Å². The van der Waals surface area contributed by atoms with E-state index < -0.39 is 11.6 Å². The molecule has 1 fully saturated rings. The first kappa shape index (κ1) is 12.2. The van der Waals surface area contributed by atoms with Gasteiger partial charge in [0.05, 0.1) is 5.92 Å². The first-order valence-corrected chi connectivity index (χ1v) is 6.08. The van der Waals surface area contributed by atoms with E-state index in [-0.39, 0.29) is 5.92 Å². The smallest absolute Gasteiger partial charge is 0.232 e. The maximum atomic E-state index is 13.5. The van der Waals surface area contributed by atoms with Crippen molar-refractivity contribution in [2.24, 2.45) is 0 Å². The van der Waals surface area contributed by atoms with Gasteiger partial charge < -0.3 is 4.52 Å². The normalized spacial score (nSPS) is 16.6. The second kappa shape index (κ2) is 4.70. The van der Waals surface area contributed by atoms with Gasteiger partial charge in [-0.05, 0) is 13.0 Å². The van der Waals surface area contributed by atoms with E-state index in [0.29, 0.717) is 23.8 Å². The molecule has 2 aromatic rings. The first-order chi connectivity index (χ1) is 9.11. The van der Waals surface area contributed by atoms with Crippen LogP contribution in [0.3, 0.4) is 0 Å². The van der Waals surface area contributed by atoms with E-state index in [4.69, 9.17) is 4.52 Å². The number of benzene rings is 1. The second-order valence-electron chi connectivity index (χ2n) is 4.81. The largest absolute Gasteiger partial charge is 0.339 e. The Balaban J connectivity index is 1.59. The minimum Gasteiger partial charge on any atom is -0.339 e. The van der Waals surface area contributed by atoms with Gasteiger partial charge in [0.1, 0.15) is 11.6 Å². The highest BCUT2D eigenvalue weighted by Gasteiger charge is 2.32. The molecule has 0 amide bonds. The SMILES string of the molecule is Cc1noc(C2CN(Cc3ccc(F)cc3F)C2)n1. The molecule has 2 heterocycles. The zero-order valence-electron chi connectivity index (χ0n) is 10.4. The van der Waals surface area contributed by atoms with Crippen LogP contribution in [0, 0.1) is 18.6 Å². The molecule has 1 aliphatic heterocycles. The van der Waals surface area contributed by atoms with E-state index in [0.717, 1.165) is 19.2 Å². The number of nitrogens with zero attached hydrogens (tertiary/aromatic N) is 3. The molecule has 0 aliphatic carbocycles. The summed E-state index contributed by atoms with van der Waals surface area (Å²) in [6.45, 7) is 3.74. The Morgan fingerprint density at radius 1 is 1.37 bits per heavy atom. The Kier molecular flexibility index (Phi) is 3.02. The van der Waals surface area contributed by atoms with Gasteiger partial charge in [-0.25, -0.2) is 8.78 Å². The lowest BCUT2D eigenvalue weighted by Crippen LogP contribution is -2.44. The van der Waals surface area contributed by atoms with Gasteiger partial charge in [0.15, 0.2) is 5.82 Å². The van der Waals surface area contributed by atoms with Crippen LogP contribution in [0.25, 0.3) is 0 Å². The number of aromatic nitrogens is 2. The van der Waals surface area contributed by atoms with Crippen molar-refractivity contribution in [2.75, 3.05) is 13.1 Å². The lowest BCUT2D eigenvalue weighted by Gasteiger charge is -2.37. The summed E-state index contributed by atoms with van der Waals surface area (Å²) in [6.07, 6.45) is 0. The van der Waals surface area contributed by atoms with Gasteiger partial charge >= 0.3 is 0 Å². The summed E-state index contributed by atoms with van der Waals surface area (Å²) in [7, 11) is 0. The quantitative estimate of drug-likeness (QED) is 0.853. The predicted octanol–water partition coefficient (Wildman–Crippen LogP) is 2.26. The summed E-state index contributed by atoms with van der Waals surface area (Å²) >= 11 is 0. The molecule has 6 heteroatoms. The van der Waals surface area contributed by atoms with Gasteiger partial charge in [0.2, 0.25) is 5.89 Å². The van der Waals surface area contributed by atoms with Crippen LogP contribution in [0.2, 0.25) is 0 Å². The fourth-order valence-corrected chi connectivity index (χ4v) is 2.22. The highest BCUT2D eigenvalue weighted by Crippen LogP contribution is 2.27. The first-order valence-electron chi connectivity index (χ1n) is 6.08. The van der Waals surface area contributed by atoms with Gasteiger partial charge in [-0.2, -0.15) is 4.98 Å². The van der Waals surface area contributed by atoms with Gasteiger partial charge in [-0.3, -0.25) is 4.90 Å². The Hall–Kier alpha value is -1.82. The van der Waals surface area contributed by atoms with Crippen LogP contribution >= 0.6 is 0 Å². The summed E-state index contributed by atoms with van der Waals surface area (Å²) in [5.74, 6) is 0.414. The second-order valence-corrected chi connectivity index (χ2v) is 4.81. The monoisotopic (exact) mass is 265 g/mol. The molecule has 0 atom stereocenters. The Morgan fingerprint density at radius 3 is 2.79 bits per heavy atom. The molecule has 0 unspecified atom stereocenters. The lowest BCUT2D eigenvalue weighted by atomic mass is 9.99. The van der Waals surface area contributed by atoms with Crippen molar-refractivity contribution in [1.29, 1.82) is 0 Å². The van der Waals surface area contributed by atoms with Crippen LogP contribution in [-0.4, -0.2) is 28.1 Å². The number of likely N-dealkylation sites (tertiary alicyclic amines) is 1. The molecule has 4 nitrogen and oxygen atoms in total. The molecule has 0 radical (unpaired) electrons. The van der Waals surface area contributed by atoms with E-state index in [2.05, 4.69) is 15.0 Å². The average molecular weight is 265 g/mol. The van der Waals surface area contributed by atoms with Crippen molar-refractivity contribution in [1.82, 2.24) is 15.0 Å². The topological polar surface area (TPSA) is 42.2 Å². The van der Waals surface area contributed by atoms with E-state index in [1.54, 1.807) is 6.92 Å². The molecule has 0 spiro atoms. The van der Waals surface area contributed by atoms with Crippen molar-refractivity contribution in [3.63, 3.8) is 0 Å². The van der Waals surface area contributed by atoms with Crippen LogP contribution < -0.4 is 0 Å². The Bertz CT molecular complexity index is 593. The standard InChI is InChI=1S/C13H13F2N3O/c1-8-16-13(19-17-8)10-6-18(7-10)5-9-2-3-11(14)4-12(9)15/h2-4,10H,5-7H2,1H3. The van der Waals surface area contributed by atoms with Gasteiger partial charge in [0.25, 0.3) is 0 Å². The summed E-state index contributed by atoms with van der Waals surface area (Å²) < 4.78 is 31.4. The molecule has 19 heavy (non-hydrogen) atoms. The fraction of sp³-hybridized carbons (Fsp3) is 0.385. The van der Waals surface area contributed by atoms with Gasteiger partial charge in [-0.1, -0.05) is 11.2 Å². The lowest BCUT2D eigenvalue weighted by molar-refractivity contribution is 0.116. The highest BCUT2D eigenvalue weighted by molar-refractivity contribution is 5.19. The van der Waals surface area contributed by atoms with Crippen molar-refractivity contribution in [3.8, 4) is 0 Å². The van der Waals surface area contributed by atoms with Crippen LogP contribution in [-0.2, 0) is 6.54 Å². The number of hydrogen-bond donors (Lipinski definition) is 0. The maximum Gasteiger partial charge on any atom is 0.232 e. The van der Waals surface area contributed by atoms with Crippen molar-refractivity contribution in [3.05, 3.63) is 47.1 Å². The molecule has 1 aliphatic rings. The summed E-state index contributed by atoms with van der Waals surface area (Å²) in [5, 5.41) is 3.75. The number of halogens is 2. The summed E-state index contributed by atoms with van der Waals surface area (Å²) in [5.41, 5.74) is 0.501. The zero-order chi connectivity index (χ0) is 13.4. The molecular weight excluding hydrogens is 252 g/mol. The fourth-order valence-electron chi connectivity index (χ4n) is 2.22. The molecule has 1 aromatic carbocycles. The number of hydrogen-bond acceptors (Lipinski definition) is 4. The molecule has 1 aromatic heterocycles. The molecule has 0 bridgehead atoms. The molecule has 3 rings (SSSR count). The third-order valence-corrected chi connectivity index (χ3v) is 3.26. The highest BCUT2D eigenvalue weighted by atomic mass is 19.1. The third-order valence-electron chi connectivity index (χ3n) is 3.26. The van der Waals surface area contributed by atoms with Gasteiger partial charge in [0, 0.05) is 31.3 Å². The van der Waals surface area contributed by atoms with Crippen molar-refractivity contribution >= 4 is 0 Å². The summed E-state index contributed by atoms with van der Waals surface area (Å²) in [4.78, 5) is 6.23. The molecular formula is C13H13F2N3O. The van der Waals surface area contributed by atoms with Gasteiger partial charge in [-0.15, -0.1) is 0 Å². The zero-order valence-corrected chi connectivity index (χ0v) is 10.4. The maximum absolute atomic E-state index is 13.5. The minimum atomic E-state index is -0.552. The number of aryl methyl sites for hydroxylation is 1. The molecule has 100 valence electrons. The van der Waals surface area contributed by atoms with E-state index in [1.807, 2.05) is 0 Å². The van der Waals surface area contributed by atoms with Crippen LogP contribution in [0.5, 0.6) is 0 Å².